The monoisotopic (exact) mass is 572 g/mol. The number of H-pyrrole nitrogens is 1. The first-order valence-corrected chi connectivity index (χ1v) is 15.3. The van der Waals surface area contributed by atoms with Gasteiger partial charge in [0.05, 0.1) is 17.4 Å². The van der Waals surface area contributed by atoms with Crippen LogP contribution in [0.15, 0.2) is 31.0 Å². The topological polar surface area (TPSA) is 114 Å². The van der Waals surface area contributed by atoms with Crippen LogP contribution in [0, 0.1) is 23.7 Å². The van der Waals surface area contributed by atoms with E-state index in [2.05, 4.69) is 32.6 Å². The molecule has 1 N–H and O–H groups in total. The first-order chi connectivity index (χ1) is 20.5. The Morgan fingerprint density at radius 3 is 2.57 bits per heavy atom. The van der Waals surface area contributed by atoms with Crippen molar-refractivity contribution in [1.29, 1.82) is 5.26 Å². The Morgan fingerprint density at radius 1 is 1.14 bits per heavy atom. The van der Waals surface area contributed by atoms with Crippen molar-refractivity contribution >= 4 is 22.6 Å². The number of rotatable bonds is 7. The number of ether oxygens (including phenoxy) is 1. The Bertz CT molecular complexity index is 1430. The van der Waals surface area contributed by atoms with Gasteiger partial charge in [-0.2, -0.15) is 20.3 Å². The zero-order valence-electron chi connectivity index (χ0n) is 25.7. The number of aryl methyl sites for hydroxylation is 1. The molecule has 0 bridgehead atoms. The number of nitrogens with one attached hydrogen (secondary N) is 1. The van der Waals surface area contributed by atoms with Crippen molar-refractivity contribution in [2.45, 2.75) is 53.9 Å². The maximum Gasteiger partial charge on any atom is 0.319 e. The number of hydrogen-bond donors (Lipinski definition) is 1. The Morgan fingerprint density at radius 2 is 1.88 bits per heavy atom. The second-order valence-corrected chi connectivity index (χ2v) is 10.7. The van der Waals surface area contributed by atoms with Crippen molar-refractivity contribution < 1.29 is 9.53 Å². The molecule has 0 radical (unpaired) electrons. The fourth-order valence-corrected chi connectivity index (χ4v) is 6.14. The van der Waals surface area contributed by atoms with Gasteiger partial charge in [-0.25, -0.2) is 0 Å². The number of benzene rings is 1. The maximum absolute atomic E-state index is 12.0. The lowest BCUT2D eigenvalue weighted by Crippen LogP contribution is -2.59. The van der Waals surface area contributed by atoms with E-state index in [4.69, 9.17) is 14.7 Å². The van der Waals surface area contributed by atoms with Gasteiger partial charge in [0, 0.05) is 49.1 Å². The summed E-state index contributed by atoms with van der Waals surface area (Å²) in [7, 11) is 0. The van der Waals surface area contributed by atoms with Gasteiger partial charge in [0.2, 0.25) is 5.91 Å². The Kier molecular flexibility index (Phi) is 10.2. The highest BCUT2D eigenvalue weighted by Crippen LogP contribution is 2.43. The highest BCUT2D eigenvalue weighted by Gasteiger charge is 2.49. The Balaban J connectivity index is 0.000000972. The molecule has 0 aliphatic carbocycles. The summed E-state index contributed by atoms with van der Waals surface area (Å²) in [5.41, 5.74) is 3.75. The molecule has 1 amide bonds. The fraction of sp³-hybridized carbons (Fsp3) is 0.531. The van der Waals surface area contributed by atoms with Crippen LogP contribution in [0.4, 0.5) is 5.82 Å². The predicted molar refractivity (Wildman–Crippen MR) is 166 cm³/mol. The SMILES string of the molecule is C=CC(=O)N1CC2(CCN(c3nc(OCCN4CCCC4)nc(-c4c(C)ccc5[nH]ncc45)c3C#N)C2)C1.CC.CC. The summed E-state index contributed by atoms with van der Waals surface area (Å²) < 4.78 is 6.13. The highest BCUT2D eigenvalue weighted by molar-refractivity contribution is 5.97. The lowest BCUT2D eigenvalue weighted by atomic mass is 9.79. The number of carbonyl (C=O) groups excluding carboxylic acids is 1. The van der Waals surface area contributed by atoms with Crippen LogP contribution in [0.2, 0.25) is 0 Å². The van der Waals surface area contributed by atoms with Crippen LogP contribution in [0.25, 0.3) is 22.2 Å². The molecule has 2 aromatic heterocycles. The molecule has 42 heavy (non-hydrogen) atoms. The number of anilines is 1. The van der Waals surface area contributed by atoms with Gasteiger partial charge in [0.1, 0.15) is 18.2 Å². The van der Waals surface area contributed by atoms with Crippen molar-refractivity contribution in [3.8, 4) is 23.3 Å². The van der Waals surface area contributed by atoms with Crippen molar-refractivity contribution in [1.82, 2.24) is 30.0 Å². The third-order valence-electron chi connectivity index (χ3n) is 8.16. The molecule has 6 rings (SSSR count). The van der Waals surface area contributed by atoms with Gasteiger partial charge < -0.3 is 14.5 Å². The summed E-state index contributed by atoms with van der Waals surface area (Å²) in [6.45, 7) is 20.0. The molecule has 5 heterocycles. The first-order valence-electron chi connectivity index (χ1n) is 15.3. The van der Waals surface area contributed by atoms with Gasteiger partial charge in [-0.15, -0.1) is 0 Å². The number of carbonyl (C=O) groups is 1. The summed E-state index contributed by atoms with van der Waals surface area (Å²) in [5.74, 6) is 0.562. The molecular weight excluding hydrogens is 528 g/mol. The maximum atomic E-state index is 12.0. The second-order valence-electron chi connectivity index (χ2n) is 10.7. The molecule has 0 atom stereocenters. The highest BCUT2D eigenvalue weighted by atomic mass is 16.5. The van der Waals surface area contributed by atoms with E-state index in [-0.39, 0.29) is 17.3 Å². The number of aromatic nitrogens is 4. The van der Waals surface area contributed by atoms with Crippen molar-refractivity contribution in [2.75, 3.05) is 57.3 Å². The predicted octanol–water partition coefficient (Wildman–Crippen LogP) is 4.95. The molecule has 1 aromatic carbocycles. The Labute approximate surface area is 249 Å². The number of aromatic amines is 1. The van der Waals surface area contributed by atoms with Crippen LogP contribution >= 0.6 is 0 Å². The van der Waals surface area contributed by atoms with E-state index in [1.807, 2.05) is 51.7 Å². The molecule has 3 fully saturated rings. The van der Waals surface area contributed by atoms with Crippen LogP contribution in [-0.4, -0.2) is 88.3 Å². The van der Waals surface area contributed by atoms with Crippen molar-refractivity contribution in [2.24, 2.45) is 5.41 Å². The summed E-state index contributed by atoms with van der Waals surface area (Å²) in [4.78, 5) is 28.0. The van der Waals surface area contributed by atoms with Crippen LogP contribution in [0.1, 0.15) is 58.1 Å². The third-order valence-corrected chi connectivity index (χ3v) is 8.16. The van der Waals surface area contributed by atoms with Crippen LogP contribution in [-0.2, 0) is 4.79 Å². The van der Waals surface area contributed by atoms with Crippen LogP contribution < -0.4 is 9.64 Å². The van der Waals surface area contributed by atoms with Crippen LogP contribution in [0.3, 0.4) is 0 Å². The average molecular weight is 573 g/mol. The second kappa shape index (κ2) is 13.8. The summed E-state index contributed by atoms with van der Waals surface area (Å²) in [6, 6.07) is 6.69. The smallest absolute Gasteiger partial charge is 0.319 e. The molecule has 10 nitrogen and oxygen atoms in total. The molecule has 0 saturated carbocycles. The van der Waals surface area contributed by atoms with Gasteiger partial charge in [0.15, 0.2) is 5.82 Å². The van der Waals surface area contributed by atoms with E-state index < -0.39 is 0 Å². The molecule has 10 heteroatoms. The van der Waals surface area contributed by atoms with Gasteiger partial charge in [-0.05, 0) is 57.0 Å². The largest absolute Gasteiger partial charge is 0.462 e. The number of hydrogen-bond acceptors (Lipinski definition) is 8. The number of fused-ring (bicyclic) bond motifs is 1. The van der Waals surface area contributed by atoms with E-state index in [1.165, 1.54) is 18.9 Å². The van der Waals surface area contributed by atoms with E-state index in [0.717, 1.165) is 61.2 Å². The van der Waals surface area contributed by atoms with Crippen molar-refractivity contribution in [3.63, 3.8) is 0 Å². The van der Waals surface area contributed by atoms with E-state index >= 15 is 0 Å². The molecule has 1 spiro atoms. The lowest BCUT2D eigenvalue weighted by molar-refractivity contribution is -0.136. The molecule has 224 valence electrons. The molecule has 3 saturated heterocycles. The average Bonchev–Trinajstić information content (AvgIpc) is 3.79. The Hall–Kier alpha value is -3.97. The van der Waals surface area contributed by atoms with Gasteiger partial charge in [-0.3, -0.25) is 14.8 Å². The first kappa shape index (κ1) is 31.0. The minimum atomic E-state index is -0.0338. The van der Waals surface area contributed by atoms with E-state index in [0.29, 0.717) is 36.8 Å². The van der Waals surface area contributed by atoms with E-state index in [1.54, 1.807) is 6.20 Å². The van der Waals surface area contributed by atoms with Gasteiger partial charge in [0.25, 0.3) is 0 Å². The minimum Gasteiger partial charge on any atom is -0.462 e. The molecule has 0 unspecified atom stereocenters. The quantitative estimate of drug-likeness (QED) is 0.396. The number of amides is 1. The zero-order chi connectivity index (χ0) is 30.3. The van der Waals surface area contributed by atoms with Crippen molar-refractivity contribution in [3.05, 3.63) is 42.1 Å². The lowest BCUT2D eigenvalue weighted by Gasteiger charge is -2.47. The summed E-state index contributed by atoms with van der Waals surface area (Å²) in [6.07, 6.45) is 6.53. The van der Waals surface area contributed by atoms with E-state index in [9.17, 15) is 10.1 Å². The molecule has 3 aromatic rings. The number of likely N-dealkylation sites (tertiary alicyclic amines) is 2. The zero-order valence-corrected chi connectivity index (χ0v) is 25.7. The third kappa shape index (κ3) is 6.12. The number of nitrogens with zero attached hydrogens (tertiary/aromatic N) is 7. The minimum absolute atomic E-state index is 0.00771. The van der Waals surface area contributed by atoms with Gasteiger partial charge >= 0.3 is 6.01 Å². The molecular formula is C32H44N8O2. The molecule has 3 aliphatic rings. The van der Waals surface area contributed by atoms with Crippen LogP contribution in [0.5, 0.6) is 6.01 Å². The van der Waals surface area contributed by atoms with Gasteiger partial charge in [-0.1, -0.05) is 40.3 Å². The fourth-order valence-electron chi connectivity index (χ4n) is 6.14. The molecule has 3 aliphatic heterocycles. The summed E-state index contributed by atoms with van der Waals surface area (Å²) >= 11 is 0. The standard InChI is InChI=1S/C28H32N8O2.2C2H6/c1-3-23(37)36-17-28(18-36)8-11-35(16-28)26-20(14-29)25(24-19(2)6-7-22-21(24)15-30-33-22)31-27(32-26)38-13-12-34-9-4-5-10-34;2*1-2/h3,6-7,15H,1,4-5,8-13,16-18H2,2H3,(H,30,33);2*1-2H3. The number of nitriles is 1. The summed E-state index contributed by atoms with van der Waals surface area (Å²) in [5, 5.41) is 18.6. The normalized spacial score (nSPS) is 17.1.